The highest BCUT2D eigenvalue weighted by molar-refractivity contribution is 5.95. The number of carbonyl (C=O) groups excluding carboxylic acids is 1. The molecule has 1 unspecified atom stereocenters. The summed E-state index contributed by atoms with van der Waals surface area (Å²) in [7, 11) is 1.45. The smallest absolute Gasteiger partial charge is 0.419 e. The molecule has 3 rings (SSSR count). The van der Waals surface area contributed by atoms with Crippen LogP contribution < -0.4 is 9.47 Å². The fraction of sp³-hybridized carbons (Fsp3) is 0.310. The predicted molar refractivity (Wildman–Crippen MR) is 137 cm³/mol. The SMILES string of the molecule is COc1c(-c2ccc(OCc3ccc(C(F)(F)F)c(O)c3C(=O)OC(C)(C)C)cc2)cccc1C(C)C(=O)O. The first-order valence-electron chi connectivity index (χ1n) is 11.9. The van der Waals surface area contributed by atoms with Gasteiger partial charge in [0.25, 0.3) is 0 Å². The van der Waals surface area contributed by atoms with Crippen molar-refractivity contribution in [3.63, 3.8) is 0 Å². The number of para-hydroxylation sites is 1. The molecule has 3 aromatic carbocycles. The molecule has 0 saturated carbocycles. The minimum atomic E-state index is -4.88. The number of phenols is 1. The van der Waals surface area contributed by atoms with E-state index in [-0.39, 0.29) is 12.2 Å². The third-order valence-electron chi connectivity index (χ3n) is 5.82. The number of esters is 1. The van der Waals surface area contributed by atoms with Crippen molar-refractivity contribution in [2.75, 3.05) is 7.11 Å². The van der Waals surface area contributed by atoms with Crippen molar-refractivity contribution in [1.82, 2.24) is 0 Å². The minimum absolute atomic E-state index is 0.0101. The number of alkyl halides is 3. The van der Waals surface area contributed by atoms with Crippen LogP contribution in [0.5, 0.6) is 17.2 Å². The van der Waals surface area contributed by atoms with Gasteiger partial charge >= 0.3 is 18.1 Å². The van der Waals surface area contributed by atoms with Crippen molar-refractivity contribution in [2.45, 2.75) is 52.0 Å². The Labute approximate surface area is 223 Å². The Morgan fingerprint density at radius 3 is 2.15 bits per heavy atom. The average Bonchev–Trinajstić information content (AvgIpc) is 2.84. The number of phenolic OH excluding ortho intramolecular Hbond substituents is 1. The second kappa shape index (κ2) is 11.3. The van der Waals surface area contributed by atoms with Gasteiger partial charge in [-0.25, -0.2) is 4.79 Å². The average molecular weight is 547 g/mol. The van der Waals surface area contributed by atoms with Crippen molar-refractivity contribution < 1.29 is 47.2 Å². The van der Waals surface area contributed by atoms with Gasteiger partial charge in [-0.1, -0.05) is 36.4 Å². The zero-order chi connectivity index (χ0) is 29.1. The molecular formula is C29H29F3O7. The van der Waals surface area contributed by atoms with E-state index in [0.29, 0.717) is 34.3 Å². The van der Waals surface area contributed by atoms with Gasteiger partial charge in [-0.05, 0) is 51.5 Å². The lowest BCUT2D eigenvalue weighted by molar-refractivity contribution is -0.139. The first-order chi connectivity index (χ1) is 18.1. The maximum absolute atomic E-state index is 13.4. The molecule has 0 aliphatic carbocycles. The molecule has 0 amide bonds. The van der Waals surface area contributed by atoms with E-state index in [1.807, 2.05) is 0 Å². The summed E-state index contributed by atoms with van der Waals surface area (Å²) in [4.78, 5) is 24.2. The van der Waals surface area contributed by atoms with Crippen LogP contribution in [0.2, 0.25) is 0 Å². The number of aromatic hydroxyl groups is 1. The van der Waals surface area contributed by atoms with Gasteiger partial charge in [0, 0.05) is 16.7 Å². The van der Waals surface area contributed by atoms with Crippen molar-refractivity contribution in [2.24, 2.45) is 0 Å². The number of methoxy groups -OCH3 is 1. The summed E-state index contributed by atoms with van der Waals surface area (Å²) >= 11 is 0. The number of hydrogen-bond donors (Lipinski definition) is 2. The normalized spacial score (nSPS) is 12.5. The minimum Gasteiger partial charge on any atom is -0.506 e. The first-order valence-corrected chi connectivity index (χ1v) is 11.9. The van der Waals surface area contributed by atoms with Gasteiger partial charge in [0.2, 0.25) is 0 Å². The van der Waals surface area contributed by atoms with Gasteiger partial charge in [0.05, 0.1) is 18.6 Å². The zero-order valence-electron chi connectivity index (χ0n) is 22.1. The number of rotatable bonds is 8. The van der Waals surface area contributed by atoms with Gasteiger partial charge < -0.3 is 24.4 Å². The first kappa shape index (κ1) is 29.3. The van der Waals surface area contributed by atoms with Crippen LogP contribution in [0.4, 0.5) is 13.2 Å². The van der Waals surface area contributed by atoms with Crippen LogP contribution in [-0.4, -0.2) is 34.9 Å². The largest absolute Gasteiger partial charge is 0.506 e. The number of hydrogen-bond acceptors (Lipinski definition) is 6. The van der Waals surface area contributed by atoms with E-state index >= 15 is 0 Å². The fourth-order valence-corrected chi connectivity index (χ4v) is 3.91. The van der Waals surface area contributed by atoms with Crippen LogP contribution >= 0.6 is 0 Å². The van der Waals surface area contributed by atoms with E-state index in [1.165, 1.54) is 7.11 Å². The summed E-state index contributed by atoms with van der Waals surface area (Å²) in [6.07, 6.45) is -4.88. The van der Waals surface area contributed by atoms with E-state index in [0.717, 1.165) is 6.07 Å². The molecular weight excluding hydrogens is 517 g/mol. The molecule has 0 aromatic heterocycles. The summed E-state index contributed by atoms with van der Waals surface area (Å²) < 4.78 is 56.6. The molecule has 39 heavy (non-hydrogen) atoms. The molecule has 7 nitrogen and oxygen atoms in total. The highest BCUT2D eigenvalue weighted by Gasteiger charge is 2.37. The maximum Gasteiger partial charge on any atom is 0.419 e. The molecule has 0 spiro atoms. The summed E-state index contributed by atoms with van der Waals surface area (Å²) in [6, 6.07) is 13.6. The summed E-state index contributed by atoms with van der Waals surface area (Å²) in [6.45, 7) is 5.90. The van der Waals surface area contributed by atoms with Crippen LogP contribution in [0, 0.1) is 0 Å². The van der Waals surface area contributed by atoms with Gasteiger partial charge in [-0.2, -0.15) is 13.2 Å². The van der Waals surface area contributed by atoms with E-state index < -0.39 is 46.5 Å². The Balaban J connectivity index is 1.90. The number of aliphatic carboxylic acids is 1. The molecule has 208 valence electrons. The molecule has 0 saturated heterocycles. The maximum atomic E-state index is 13.4. The molecule has 2 N–H and O–H groups in total. The molecule has 0 bridgehead atoms. The lowest BCUT2D eigenvalue weighted by atomic mass is 9.94. The van der Waals surface area contributed by atoms with Gasteiger partial charge in [-0.15, -0.1) is 0 Å². The van der Waals surface area contributed by atoms with Crippen molar-refractivity contribution in [3.8, 4) is 28.4 Å². The van der Waals surface area contributed by atoms with Crippen LogP contribution in [0.25, 0.3) is 11.1 Å². The highest BCUT2D eigenvalue weighted by atomic mass is 19.4. The number of halogens is 3. The number of carboxylic acids is 1. The molecule has 0 fully saturated rings. The second-order valence-corrected chi connectivity index (χ2v) is 9.80. The molecule has 0 aliphatic heterocycles. The molecule has 0 aliphatic rings. The molecule has 1 atom stereocenters. The molecule has 0 heterocycles. The van der Waals surface area contributed by atoms with Crippen LogP contribution in [-0.2, 0) is 22.3 Å². The highest BCUT2D eigenvalue weighted by Crippen LogP contribution is 2.40. The van der Waals surface area contributed by atoms with Gasteiger partial charge in [0.15, 0.2) is 0 Å². The lowest BCUT2D eigenvalue weighted by Gasteiger charge is -2.22. The fourth-order valence-electron chi connectivity index (χ4n) is 3.91. The third kappa shape index (κ3) is 6.81. The van der Waals surface area contributed by atoms with Gasteiger partial charge in [-0.3, -0.25) is 4.79 Å². The zero-order valence-corrected chi connectivity index (χ0v) is 22.1. The Bertz CT molecular complexity index is 1360. The van der Waals surface area contributed by atoms with E-state index in [1.54, 1.807) is 70.2 Å². The quantitative estimate of drug-likeness (QED) is 0.299. The van der Waals surface area contributed by atoms with Crippen LogP contribution in [0.15, 0.2) is 54.6 Å². The predicted octanol–water partition coefficient (Wildman–Crippen LogP) is 6.81. The summed E-state index contributed by atoms with van der Waals surface area (Å²) in [5.41, 5.74) is -1.09. The van der Waals surface area contributed by atoms with Crippen molar-refractivity contribution >= 4 is 11.9 Å². The molecule has 10 heteroatoms. The monoisotopic (exact) mass is 546 g/mol. The van der Waals surface area contributed by atoms with E-state index in [4.69, 9.17) is 14.2 Å². The number of ether oxygens (including phenoxy) is 3. The number of carboxylic acid groups (broad SMARTS) is 1. The molecule has 0 radical (unpaired) electrons. The Kier molecular flexibility index (Phi) is 8.48. The van der Waals surface area contributed by atoms with Crippen molar-refractivity contribution in [3.05, 3.63) is 76.9 Å². The third-order valence-corrected chi connectivity index (χ3v) is 5.82. The van der Waals surface area contributed by atoms with Crippen LogP contribution in [0.3, 0.4) is 0 Å². The van der Waals surface area contributed by atoms with Crippen LogP contribution in [0.1, 0.15) is 60.7 Å². The Morgan fingerprint density at radius 1 is 0.974 bits per heavy atom. The molecule has 3 aromatic rings. The second-order valence-electron chi connectivity index (χ2n) is 9.80. The van der Waals surface area contributed by atoms with Crippen molar-refractivity contribution in [1.29, 1.82) is 0 Å². The topological polar surface area (TPSA) is 102 Å². The van der Waals surface area contributed by atoms with Gasteiger partial charge in [0.1, 0.15) is 35.0 Å². The van der Waals surface area contributed by atoms with E-state index in [9.17, 15) is 33.0 Å². The lowest BCUT2D eigenvalue weighted by Crippen LogP contribution is -2.25. The summed E-state index contributed by atoms with van der Waals surface area (Å²) in [5.74, 6) is -3.36. The number of carbonyl (C=O) groups is 2. The number of benzene rings is 3. The standard InChI is InChI=1S/C29H29F3O7/c1-16(26(34)35)20-7-6-8-21(25(20)37-5)17-9-12-19(13-10-17)38-15-18-11-14-22(29(30,31)32)24(33)23(18)27(36)39-28(2,3)4/h6-14,16,33H,15H2,1-5H3,(H,34,35). The Morgan fingerprint density at radius 2 is 1.62 bits per heavy atom. The Hall–Kier alpha value is -4.21. The summed E-state index contributed by atoms with van der Waals surface area (Å²) in [5, 5.41) is 19.8. The van der Waals surface area contributed by atoms with E-state index in [2.05, 4.69) is 0 Å².